The summed E-state index contributed by atoms with van der Waals surface area (Å²) in [5.74, 6) is 2.01. The van der Waals surface area contributed by atoms with Gasteiger partial charge in [0.2, 0.25) is 0 Å². The molecule has 4 heteroatoms. The fourth-order valence-electron chi connectivity index (χ4n) is 2.74. The lowest BCUT2D eigenvalue weighted by Gasteiger charge is -2.19. The van der Waals surface area contributed by atoms with Gasteiger partial charge in [-0.1, -0.05) is 6.42 Å². The van der Waals surface area contributed by atoms with Crippen LogP contribution in [0.15, 0.2) is 18.2 Å². The second kappa shape index (κ2) is 6.78. The van der Waals surface area contributed by atoms with Gasteiger partial charge in [-0.05, 0) is 36.5 Å². The first-order valence-corrected chi connectivity index (χ1v) is 6.83. The minimum atomic E-state index is 0.277. The van der Waals surface area contributed by atoms with Crippen molar-refractivity contribution >= 4 is 0 Å². The molecule has 1 aliphatic carbocycles. The van der Waals surface area contributed by atoms with Crippen molar-refractivity contribution in [2.24, 2.45) is 5.92 Å². The highest BCUT2D eigenvalue weighted by Gasteiger charge is 2.25. The third-order valence-electron chi connectivity index (χ3n) is 3.87. The van der Waals surface area contributed by atoms with Gasteiger partial charge in [0.05, 0.1) is 14.2 Å². The Bertz CT molecular complexity index is 386. The highest BCUT2D eigenvalue weighted by molar-refractivity contribution is 5.38. The van der Waals surface area contributed by atoms with Gasteiger partial charge in [-0.25, -0.2) is 0 Å². The summed E-state index contributed by atoms with van der Waals surface area (Å²) < 4.78 is 10.5. The molecule has 4 nitrogen and oxygen atoms in total. The fourth-order valence-corrected chi connectivity index (χ4v) is 2.74. The van der Waals surface area contributed by atoms with Crippen molar-refractivity contribution in [2.45, 2.75) is 31.8 Å². The maximum Gasteiger partial charge on any atom is 0.122 e. The molecule has 2 unspecified atom stereocenters. The van der Waals surface area contributed by atoms with E-state index in [1.54, 1.807) is 14.2 Å². The molecule has 2 rings (SSSR count). The van der Waals surface area contributed by atoms with E-state index in [1.165, 1.54) is 6.42 Å². The summed E-state index contributed by atoms with van der Waals surface area (Å²) in [6, 6.07) is 6.31. The van der Waals surface area contributed by atoms with Gasteiger partial charge in [-0.2, -0.15) is 0 Å². The van der Waals surface area contributed by atoms with Crippen LogP contribution in [0.1, 0.15) is 24.8 Å². The van der Waals surface area contributed by atoms with Gasteiger partial charge < -0.3 is 19.9 Å². The molecule has 1 aromatic carbocycles. The Hall–Kier alpha value is -1.26. The number of ether oxygens (including phenoxy) is 2. The van der Waals surface area contributed by atoms with Crippen LogP contribution in [0.3, 0.4) is 0 Å². The number of benzene rings is 1. The summed E-state index contributed by atoms with van der Waals surface area (Å²) in [5.41, 5.74) is 1.14. The molecular formula is C15H23NO3. The zero-order valence-electron chi connectivity index (χ0n) is 11.7. The Balaban J connectivity index is 1.98. The molecule has 0 aliphatic heterocycles. The van der Waals surface area contributed by atoms with Crippen LogP contribution in [-0.4, -0.2) is 32.0 Å². The van der Waals surface area contributed by atoms with E-state index in [0.717, 1.165) is 36.4 Å². The minimum Gasteiger partial charge on any atom is -0.497 e. The lowest BCUT2D eigenvalue weighted by molar-refractivity contribution is 0.205. The van der Waals surface area contributed by atoms with Crippen LogP contribution in [0.25, 0.3) is 0 Å². The zero-order valence-corrected chi connectivity index (χ0v) is 11.7. The number of rotatable bonds is 6. The van der Waals surface area contributed by atoms with Crippen molar-refractivity contribution in [2.75, 3.05) is 20.8 Å². The van der Waals surface area contributed by atoms with Crippen LogP contribution < -0.4 is 14.8 Å². The first-order valence-electron chi connectivity index (χ1n) is 6.83. The lowest BCUT2D eigenvalue weighted by Crippen LogP contribution is -2.33. The predicted molar refractivity (Wildman–Crippen MR) is 74.6 cm³/mol. The van der Waals surface area contributed by atoms with Crippen LogP contribution in [0, 0.1) is 5.92 Å². The third kappa shape index (κ3) is 3.61. The smallest absolute Gasteiger partial charge is 0.122 e. The molecule has 0 spiro atoms. The molecule has 1 saturated carbocycles. The van der Waals surface area contributed by atoms with Crippen LogP contribution in [0.5, 0.6) is 11.5 Å². The average Bonchev–Trinajstić information content (AvgIpc) is 2.92. The molecular weight excluding hydrogens is 242 g/mol. The van der Waals surface area contributed by atoms with Gasteiger partial charge in [0, 0.05) is 25.3 Å². The number of aliphatic hydroxyl groups is 1. The van der Waals surface area contributed by atoms with E-state index in [0.29, 0.717) is 12.0 Å². The van der Waals surface area contributed by atoms with Crippen LogP contribution in [0.2, 0.25) is 0 Å². The Morgan fingerprint density at radius 3 is 2.42 bits per heavy atom. The summed E-state index contributed by atoms with van der Waals surface area (Å²) in [5, 5.41) is 12.8. The molecule has 106 valence electrons. The van der Waals surface area contributed by atoms with E-state index >= 15 is 0 Å². The highest BCUT2D eigenvalue weighted by atomic mass is 16.5. The van der Waals surface area contributed by atoms with Gasteiger partial charge in [-0.15, -0.1) is 0 Å². The SMILES string of the molecule is COc1cc(CNC2CCCC2CO)cc(OC)c1. The van der Waals surface area contributed by atoms with Gasteiger partial charge in [0.25, 0.3) is 0 Å². The molecule has 0 bridgehead atoms. The van der Waals surface area contributed by atoms with Crippen molar-refractivity contribution < 1.29 is 14.6 Å². The third-order valence-corrected chi connectivity index (χ3v) is 3.87. The van der Waals surface area contributed by atoms with E-state index in [1.807, 2.05) is 18.2 Å². The molecule has 1 aromatic rings. The number of methoxy groups -OCH3 is 2. The van der Waals surface area contributed by atoms with Crippen molar-refractivity contribution in [1.29, 1.82) is 0 Å². The van der Waals surface area contributed by atoms with Crippen molar-refractivity contribution in [3.8, 4) is 11.5 Å². The Kier molecular flexibility index (Phi) is 5.05. The zero-order chi connectivity index (χ0) is 13.7. The van der Waals surface area contributed by atoms with Crippen LogP contribution in [0.4, 0.5) is 0 Å². The molecule has 0 amide bonds. The Morgan fingerprint density at radius 1 is 1.16 bits per heavy atom. The van der Waals surface area contributed by atoms with Gasteiger partial charge in [-0.3, -0.25) is 0 Å². The summed E-state index contributed by atoms with van der Waals surface area (Å²) in [7, 11) is 3.31. The monoisotopic (exact) mass is 265 g/mol. The summed E-state index contributed by atoms with van der Waals surface area (Å²) in [6.45, 7) is 1.05. The molecule has 19 heavy (non-hydrogen) atoms. The normalized spacial score (nSPS) is 22.5. The molecule has 1 aliphatic rings. The quantitative estimate of drug-likeness (QED) is 0.825. The van der Waals surface area contributed by atoms with Crippen molar-refractivity contribution in [3.63, 3.8) is 0 Å². The van der Waals surface area contributed by atoms with Crippen molar-refractivity contribution in [1.82, 2.24) is 5.32 Å². The van der Waals surface area contributed by atoms with E-state index in [-0.39, 0.29) is 6.61 Å². The maximum absolute atomic E-state index is 9.32. The molecule has 0 aromatic heterocycles. The van der Waals surface area contributed by atoms with Gasteiger partial charge in [0.1, 0.15) is 11.5 Å². The summed E-state index contributed by atoms with van der Waals surface area (Å²) >= 11 is 0. The average molecular weight is 265 g/mol. The number of hydrogen-bond donors (Lipinski definition) is 2. The van der Waals surface area contributed by atoms with E-state index < -0.39 is 0 Å². The van der Waals surface area contributed by atoms with Crippen molar-refractivity contribution in [3.05, 3.63) is 23.8 Å². The first kappa shape index (κ1) is 14.2. The molecule has 2 N–H and O–H groups in total. The largest absolute Gasteiger partial charge is 0.497 e. The van der Waals surface area contributed by atoms with E-state index in [2.05, 4.69) is 5.32 Å². The standard InChI is InChI=1S/C15H23NO3/c1-18-13-6-11(7-14(8-13)19-2)9-16-15-5-3-4-12(15)10-17/h6-8,12,15-17H,3-5,9-10H2,1-2H3. The minimum absolute atomic E-state index is 0.277. The van der Waals surface area contributed by atoms with Crippen LogP contribution in [-0.2, 0) is 6.54 Å². The van der Waals surface area contributed by atoms with Gasteiger partial charge in [0.15, 0.2) is 0 Å². The van der Waals surface area contributed by atoms with E-state index in [9.17, 15) is 5.11 Å². The van der Waals surface area contributed by atoms with Gasteiger partial charge >= 0.3 is 0 Å². The fraction of sp³-hybridized carbons (Fsp3) is 0.600. The lowest BCUT2D eigenvalue weighted by atomic mass is 10.0. The van der Waals surface area contributed by atoms with Crippen LogP contribution >= 0.6 is 0 Å². The molecule has 1 fully saturated rings. The number of aliphatic hydroxyl groups excluding tert-OH is 1. The maximum atomic E-state index is 9.32. The van der Waals surface area contributed by atoms with E-state index in [4.69, 9.17) is 9.47 Å². The Morgan fingerprint density at radius 2 is 1.84 bits per heavy atom. The second-order valence-electron chi connectivity index (χ2n) is 5.08. The molecule has 0 heterocycles. The summed E-state index contributed by atoms with van der Waals surface area (Å²) in [4.78, 5) is 0. The molecule has 0 saturated heterocycles. The highest BCUT2D eigenvalue weighted by Crippen LogP contribution is 2.26. The summed E-state index contributed by atoms with van der Waals surface area (Å²) in [6.07, 6.45) is 3.46. The first-order chi connectivity index (χ1) is 9.26. The molecule has 0 radical (unpaired) electrons. The number of hydrogen-bond acceptors (Lipinski definition) is 4. The molecule has 2 atom stereocenters. The number of nitrogens with one attached hydrogen (secondary N) is 1. The topological polar surface area (TPSA) is 50.7 Å². The Labute approximate surface area is 114 Å². The second-order valence-corrected chi connectivity index (χ2v) is 5.08. The predicted octanol–water partition coefficient (Wildman–Crippen LogP) is 1.95.